The summed E-state index contributed by atoms with van der Waals surface area (Å²) in [6.07, 6.45) is 0.588. The first-order chi connectivity index (χ1) is 12.0. The van der Waals surface area contributed by atoms with Crippen molar-refractivity contribution < 1.29 is 24.2 Å². The maximum Gasteiger partial charge on any atom is 0.335 e. The van der Waals surface area contributed by atoms with Crippen LogP contribution in [0.1, 0.15) is 16.8 Å². The lowest BCUT2D eigenvalue weighted by Gasteiger charge is -2.29. The molecule has 0 fully saturated rings. The number of carboxylic acids is 1. The van der Waals surface area contributed by atoms with E-state index in [1.807, 2.05) is 0 Å². The molecule has 0 spiro atoms. The quantitative estimate of drug-likeness (QED) is 0.799. The Bertz CT molecular complexity index is 791. The average molecular weight is 362 g/mol. The van der Waals surface area contributed by atoms with E-state index in [9.17, 15) is 9.59 Å². The first-order valence-corrected chi connectivity index (χ1v) is 8.11. The third kappa shape index (κ3) is 4.03. The minimum absolute atomic E-state index is 0.0581. The Kier molecular flexibility index (Phi) is 5.09. The number of hydrogen-bond acceptors (Lipinski definition) is 4. The van der Waals surface area contributed by atoms with E-state index >= 15 is 0 Å². The molecule has 25 heavy (non-hydrogen) atoms. The molecule has 0 atom stereocenters. The van der Waals surface area contributed by atoms with Crippen molar-refractivity contribution in [2.24, 2.45) is 0 Å². The summed E-state index contributed by atoms with van der Waals surface area (Å²) in [5.74, 6) is -0.0529. The van der Waals surface area contributed by atoms with Crippen LogP contribution in [0.25, 0.3) is 0 Å². The van der Waals surface area contributed by atoms with Gasteiger partial charge in [0.1, 0.15) is 11.5 Å². The molecule has 0 radical (unpaired) electrons. The minimum atomic E-state index is -1.05. The van der Waals surface area contributed by atoms with Crippen molar-refractivity contribution >= 4 is 29.2 Å². The summed E-state index contributed by atoms with van der Waals surface area (Å²) in [6.45, 7) is 0.767. The molecule has 6 nitrogen and oxygen atoms in total. The van der Waals surface area contributed by atoms with Crippen molar-refractivity contribution in [3.8, 4) is 11.5 Å². The lowest BCUT2D eigenvalue weighted by molar-refractivity contribution is -0.121. The van der Waals surface area contributed by atoms with Gasteiger partial charge in [0.25, 0.3) is 5.91 Å². The fourth-order valence-electron chi connectivity index (χ4n) is 2.52. The van der Waals surface area contributed by atoms with Crippen LogP contribution in [0.2, 0.25) is 5.02 Å². The van der Waals surface area contributed by atoms with E-state index in [2.05, 4.69) is 0 Å². The molecule has 2 aromatic carbocycles. The zero-order chi connectivity index (χ0) is 17.8. The van der Waals surface area contributed by atoms with Gasteiger partial charge in [-0.3, -0.25) is 4.79 Å². The van der Waals surface area contributed by atoms with E-state index in [0.29, 0.717) is 41.8 Å². The van der Waals surface area contributed by atoms with Gasteiger partial charge in [0.2, 0.25) is 0 Å². The van der Waals surface area contributed by atoms with Crippen molar-refractivity contribution in [3.05, 3.63) is 53.1 Å². The number of rotatable bonds is 6. The summed E-state index contributed by atoms with van der Waals surface area (Å²) in [5, 5.41) is 9.76. The standard InChI is InChI=1S/C18H16ClNO5/c19-13-3-5-14(6-4-13)24-9-1-8-20-15-10-12(18(22)23)2-7-16(15)25-11-17(20)21/h2-7,10H,1,8-9,11H2,(H,22,23). The van der Waals surface area contributed by atoms with Gasteiger partial charge in [-0.2, -0.15) is 0 Å². The van der Waals surface area contributed by atoms with Crippen LogP contribution in [0.5, 0.6) is 11.5 Å². The molecule has 1 aliphatic heterocycles. The molecule has 1 aliphatic rings. The molecule has 3 rings (SSSR count). The number of halogens is 1. The smallest absolute Gasteiger partial charge is 0.335 e. The largest absolute Gasteiger partial charge is 0.494 e. The SMILES string of the molecule is O=C(O)c1ccc2c(c1)N(CCCOc1ccc(Cl)cc1)C(=O)CO2. The van der Waals surface area contributed by atoms with Crippen LogP contribution in [0.4, 0.5) is 5.69 Å². The Morgan fingerprint density at radius 3 is 2.72 bits per heavy atom. The van der Waals surface area contributed by atoms with Gasteiger partial charge in [-0.15, -0.1) is 0 Å². The molecule has 0 bridgehead atoms. The van der Waals surface area contributed by atoms with Gasteiger partial charge < -0.3 is 19.5 Å². The minimum Gasteiger partial charge on any atom is -0.494 e. The Morgan fingerprint density at radius 2 is 2.00 bits per heavy atom. The van der Waals surface area contributed by atoms with Crippen molar-refractivity contribution in [1.29, 1.82) is 0 Å². The van der Waals surface area contributed by atoms with Gasteiger partial charge in [0, 0.05) is 11.6 Å². The average Bonchev–Trinajstić information content (AvgIpc) is 2.61. The predicted molar refractivity (Wildman–Crippen MR) is 92.8 cm³/mol. The monoisotopic (exact) mass is 361 g/mol. The molecule has 1 heterocycles. The number of carbonyl (C=O) groups is 2. The van der Waals surface area contributed by atoms with Crippen LogP contribution in [-0.2, 0) is 4.79 Å². The highest BCUT2D eigenvalue weighted by Gasteiger charge is 2.26. The third-order valence-electron chi connectivity index (χ3n) is 3.76. The van der Waals surface area contributed by atoms with Crippen molar-refractivity contribution in [1.82, 2.24) is 0 Å². The molecule has 0 saturated carbocycles. The summed E-state index contributed by atoms with van der Waals surface area (Å²) in [7, 11) is 0. The number of hydrogen-bond donors (Lipinski definition) is 1. The predicted octanol–water partition coefficient (Wildman–Crippen LogP) is 3.23. The van der Waals surface area contributed by atoms with Crippen molar-refractivity contribution in [2.45, 2.75) is 6.42 Å². The second kappa shape index (κ2) is 7.44. The molecule has 1 N–H and O–H groups in total. The zero-order valence-corrected chi connectivity index (χ0v) is 14.0. The summed E-state index contributed by atoms with van der Waals surface area (Å²) in [4.78, 5) is 24.8. The van der Waals surface area contributed by atoms with Crippen LogP contribution < -0.4 is 14.4 Å². The summed E-state index contributed by atoms with van der Waals surface area (Å²) in [6, 6.07) is 11.5. The number of anilines is 1. The lowest BCUT2D eigenvalue weighted by Crippen LogP contribution is -2.40. The van der Waals surface area contributed by atoms with E-state index in [1.165, 1.54) is 17.0 Å². The molecule has 130 valence electrons. The molecular weight excluding hydrogens is 346 g/mol. The second-order valence-electron chi connectivity index (χ2n) is 5.48. The first kappa shape index (κ1) is 17.1. The van der Waals surface area contributed by atoms with Gasteiger partial charge >= 0.3 is 5.97 Å². The van der Waals surface area contributed by atoms with E-state index < -0.39 is 5.97 Å². The van der Waals surface area contributed by atoms with Gasteiger partial charge in [-0.05, 0) is 48.9 Å². The van der Waals surface area contributed by atoms with Crippen LogP contribution in [-0.4, -0.2) is 36.7 Å². The van der Waals surface area contributed by atoms with E-state index in [4.69, 9.17) is 26.2 Å². The van der Waals surface area contributed by atoms with Crippen LogP contribution in [0.3, 0.4) is 0 Å². The number of carbonyl (C=O) groups excluding carboxylic acids is 1. The Labute approximate surface area is 149 Å². The van der Waals surface area contributed by atoms with Gasteiger partial charge in [-0.1, -0.05) is 11.6 Å². The number of fused-ring (bicyclic) bond motifs is 1. The summed E-state index contributed by atoms with van der Waals surface area (Å²) >= 11 is 5.82. The number of aromatic carboxylic acids is 1. The number of benzene rings is 2. The van der Waals surface area contributed by atoms with Crippen molar-refractivity contribution in [3.63, 3.8) is 0 Å². The molecule has 0 saturated heterocycles. The fraction of sp³-hybridized carbons (Fsp3) is 0.222. The van der Waals surface area contributed by atoms with Gasteiger partial charge in [0.15, 0.2) is 6.61 Å². The number of amides is 1. The maximum absolute atomic E-state index is 12.1. The highest BCUT2D eigenvalue weighted by Crippen LogP contribution is 2.33. The highest BCUT2D eigenvalue weighted by atomic mass is 35.5. The van der Waals surface area contributed by atoms with Crippen LogP contribution in [0.15, 0.2) is 42.5 Å². The number of nitrogens with zero attached hydrogens (tertiary/aromatic N) is 1. The molecular formula is C18H16ClNO5. The third-order valence-corrected chi connectivity index (χ3v) is 4.01. The molecule has 7 heteroatoms. The normalized spacial score (nSPS) is 13.2. The number of carboxylic acid groups (broad SMARTS) is 1. The second-order valence-corrected chi connectivity index (χ2v) is 5.91. The van der Waals surface area contributed by atoms with Crippen LogP contribution >= 0.6 is 11.6 Å². The number of ether oxygens (including phenoxy) is 2. The Hall–Kier alpha value is -2.73. The molecule has 2 aromatic rings. The van der Waals surface area contributed by atoms with Gasteiger partial charge in [0.05, 0.1) is 17.9 Å². The Balaban J connectivity index is 1.64. The molecule has 1 amide bonds. The lowest BCUT2D eigenvalue weighted by atomic mass is 10.1. The van der Waals surface area contributed by atoms with Crippen molar-refractivity contribution in [2.75, 3.05) is 24.7 Å². The Morgan fingerprint density at radius 1 is 1.24 bits per heavy atom. The highest BCUT2D eigenvalue weighted by molar-refractivity contribution is 6.30. The maximum atomic E-state index is 12.1. The topological polar surface area (TPSA) is 76.1 Å². The fourth-order valence-corrected chi connectivity index (χ4v) is 2.65. The first-order valence-electron chi connectivity index (χ1n) is 7.73. The summed E-state index contributed by atoms with van der Waals surface area (Å²) in [5.41, 5.74) is 0.585. The van der Waals surface area contributed by atoms with E-state index in [1.54, 1.807) is 30.3 Å². The van der Waals surface area contributed by atoms with Crippen LogP contribution in [0, 0.1) is 0 Å². The van der Waals surface area contributed by atoms with E-state index in [-0.39, 0.29) is 18.1 Å². The van der Waals surface area contributed by atoms with E-state index in [0.717, 1.165) is 0 Å². The zero-order valence-electron chi connectivity index (χ0n) is 13.3. The summed E-state index contributed by atoms with van der Waals surface area (Å²) < 4.78 is 11.0. The van der Waals surface area contributed by atoms with Gasteiger partial charge in [-0.25, -0.2) is 4.79 Å². The molecule has 0 aliphatic carbocycles. The molecule has 0 aromatic heterocycles. The molecule has 0 unspecified atom stereocenters.